The zero-order chi connectivity index (χ0) is 15.3. The van der Waals surface area contributed by atoms with Crippen LogP contribution in [0.1, 0.15) is 42.6 Å². The van der Waals surface area contributed by atoms with Crippen molar-refractivity contribution in [1.29, 1.82) is 0 Å². The Bertz CT molecular complexity index is 510. The average Bonchev–Trinajstić information content (AvgIpc) is 2.43. The van der Waals surface area contributed by atoms with E-state index in [2.05, 4.69) is 5.32 Å². The van der Waals surface area contributed by atoms with Crippen LogP contribution in [0.25, 0.3) is 0 Å². The van der Waals surface area contributed by atoms with Crippen molar-refractivity contribution in [3.05, 3.63) is 35.1 Å². The third-order valence-corrected chi connectivity index (χ3v) is 3.81. The molecule has 0 saturated heterocycles. The second-order valence-electron chi connectivity index (χ2n) is 4.94. The van der Waals surface area contributed by atoms with E-state index < -0.39 is 11.4 Å². The Morgan fingerprint density at radius 1 is 1.30 bits per heavy atom. The van der Waals surface area contributed by atoms with Gasteiger partial charge < -0.3 is 10.4 Å². The zero-order valence-corrected chi connectivity index (χ0v) is 12.0. The van der Waals surface area contributed by atoms with Crippen LogP contribution in [0.4, 0.5) is 4.39 Å². The van der Waals surface area contributed by atoms with Gasteiger partial charge in [-0.15, -0.1) is 0 Å². The maximum atomic E-state index is 13.1. The number of carboxylic acid groups (broad SMARTS) is 1. The average molecular weight is 281 g/mol. The normalized spacial score (nSPS) is 11.2. The van der Waals surface area contributed by atoms with E-state index >= 15 is 0 Å². The highest BCUT2D eigenvalue weighted by Crippen LogP contribution is 2.25. The number of benzene rings is 1. The number of halogens is 1. The first kappa shape index (κ1) is 16.1. The summed E-state index contributed by atoms with van der Waals surface area (Å²) in [4.78, 5) is 23.3. The van der Waals surface area contributed by atoms with Gasteiger partial charge in [-0.05, 0) is 43.5 Å². The first-order valence-corrected chi connectivity index (χ1v) is 6.64. The van der Waals surface area contributed by atoms with Gasteiger partial charge in [0.1, 0.15) is 5.82 Å². The predicted molar refractivity (Wildman–Crippen MR) is 74.1 cm³/mol. The van der Waals surface area contributed by atoms with Crippen molar-refractivity contribution >= 4 is 11.9 Å². The summed E-state index contributed by atoms with van der Waals surface area (Å²) in [5.41, 5.74) is -0.242. The number of carboxylic acids is 1. The van der Waals surface area contributed by atoms with Crippen molar-refractivity contribution < 1.29 is 19.1 Å². The maximum absolute atomic E-state index is 13.1. The van der Waals surface area contributed by atoms with Gasteiger partial charge in [-0.3, -0.25) is 9.59 Å². The van der Waals surface area contributed by atoms with E-state index in [0.717, 1.165) is 0 Å². The number of hydrogen-bond donors (Lipinski definition) is 2. The third-order valence-electron chi connectivity index (χ3n) is 3.81. The van der Waals surface area contributed by atoms with E-state index in [9.17, 15) is 19.1 Å². The molecule has 0 bridgehead atoms. The molecule has 0 radical (unpaired) electrons. The molecule has 0 fully saturated rings. The van der Waals surface area contributed by atoms with Crippen LogP contribution in [0.3, 0.4) is 0 Å². The topological polar surface area (TPSA) is 66.4 Å². The fourth-order valence-corrected chi connectivity index (χ4v) is 2.02. The number of nitrogens with one attached hydrogen (secondary N) is 1. The Balaban J connectivity index is 2.80. The molecule has 5 heteroatoms. The number of hydrogen-bond acceptors (Lipinski definition) is 2. The number of carbonyl (C=O) groups excluding carboxylic acids is 1. The molecule has 0 heterocycles. The highest BCUT2D eigenvalue weighted by molar-refractivity contribution is 5.94. The second kappa shape index (κ2) is 6.50. The lowest BCUT2D eigenvalue weighted by atomic mass is 9.82. The van der Waals surface area contributed by atoms with Crippen molar-refractivity contribution in [2.75, 3.05) is 6.54 Å². The van der Waals surface area contributed by atoms with Gasteiger partial charge in [0.15, 0.2) is 0 Å². The lowest BCUT2D eigenvalue weighted by Gasteiger charge is -2.26. The summed E-state index contributed by atoms with van der Waals surface area (Å²) in [7, 11) is 0. The molecule has 0 aliphatic rings. The van der Waals surface area contributed by atoms with Gasteiger partial charge >= 0.3 is 5.97 Å². The number of carbonyl (C=O) groups is 2. The van der Waals surface area contributed by atoms with Gasteiger partial charge in [-0.2, -0.15) is 0 Å². The number of amides is 1. The molecule has 0 saturated carbocycles. The minimum absolute atomic E-state index is 0.0601. The molecule has 1 aromatic carbocycles. The molecule has 0 aliphatic heterocycles. The molecule has 0 aromatic heterocycles. The highest BCUT2D eigenvalue weighted by Gasteiger charge is 2.35. The molecule has 110 valence electrons. The Kier molecular flexibility index (Phi) is 5.25. The largest absolute Gasteiger partial charge is 0.481 e. The summed E-state index contributed by atoms with van der Waals surface area (Å²) >= 11 is 0. The van der Waals surface area contributed by atoms with E-state index in [-0.39, 0.29) is 18.3 Å². The molecular weight excluding hydrogens is 261 g/mol. The van der Waals surface area contributed by atoms with Crippen LogP contribution in [0, 0.1) is 18.2 Å². The lowest BCUT2D eigenvalue weighted by Crippen LogP contribution is -2.42. The lowest BCUT2D eigenvalue weighted by molar-refractivity contribution is -0.149. The monoisotopic (exact) mass is 281 g/mol. The Labute approximate surface area is 118 Å². The van der Waals surface area contributed by atoms with Gasteiger partial charge in [-0.1, -0.05) is 13.8 Å². The Hall–Kier alpha value is -1.91. The van der Waals surface area contributed by atoms with E-state index in [4.69, 9.17) is 0 Å². The van der Waals surface area contributed by atoms with Gasteiger partial charge in [0, 0.05) is 12.1 Å². The second-order valence-corrected chi connectivity index (χ2v) is 4.94. The molecule has 0 atom stereocenters. The van der Waals surface area contributed by atoms with E-state index in [1.165, 1.54) is 18.2 Å². The summed E-state index contributed by atoms with van der Waals surface area (Å²) in [5.74, 6) is -1.68. The molecule has 1 aromatic rings. The van der Waals surface area contributed by atoms with Crippen LogP contribution >= 0.6 is 0 Å². The standard InChI is InChI=1S/C15H20FNO3/c1-4-15(5-2,14(19)20)9-17-13(18)11-6-7-12(16)10(3)8-11/h6-8H,4-5,9H2,1-3H3,(H,17,18)(H,19,20). The molecule has 0 aliphatic carbocycles. The highest BCUT2D eigenvalue weighted by atomic mass is 19.1. The minimum Gasteiger partial charge on any atom is -0.481 e. The first-order chi connectivity index (χ1) is 9.36. The van der Waals surface area contributed by atoms with Crippen LogP contribution in [0.15, 0.2) is 18.2 Å². The van der Waals surface area contributed by atoms with Crippen molar-refractivity contribution in [1.82, 2.24) is 5.32 Å². The van der Waals surface area contributed by atoms with Gasteiger partial charge in [0.25, 0.3) is 5.91 Å². The minimum atomic E-state index is -0.954. The SMILES string of the molecule is CCC(CC)(CNC(=O)c1ccc(F)c(C)c1)C(=O)O. The Morgan fingerprint density at radius 3 is 2.35 bits per heavy atom. The summed E-state index contributed by atoms with van der Waals surface area (Å²) in [6.45, 7) is 5.20. The smallest absolute Gasteiger partial charge is 0.311 e. The summed E-state index contributed by atoms with van der Waals surface area (Å²) in [6, 6.07) is 4.07. The third kappa shape index (κ3) is 3.35. The molecule has 20 heavy (non-hydrogen) atoms. The van der Waals surface area contributed by atoms with Gasteiger partial charge in [0.05, 0.1) is 5.41 Å². The molecule has 4 nitrogen and oxygen atoms in total. The molecule has 2 N–H and O–H groups in total. The molecular formula is C15H20FNO3. The van der Waals surface area contributed by atoms with Crippen LogP contribution in [-0.4, -0.2) is 23.5 Å². The van der Waals surface area contributed by atoms with Crippen molar-refractivity contribution in [2.45, 2.75) is 33.6 Å². The number of rotatable bonds is 6. The first-order valence-electron chi connectivity index (χ1n) is 6.64. The molecule has 1 rings (SSSR count). The fourth-order valence-electron chi connectivity index (χ4n) is 2.02. The van der Waals surface area contributed by atoms with Crippen LogP contribution in [0.5, 0.6) is 0 Å². The summed E-state index contributed by atoms with van der Waals surface area (Å²) in [5, 5.41) is 11.9. The number of aryl methyl sites for hydroxylation is 1. The molecule has 1 amide bonds. The maximum Gasteiger partial charge on any atom is 0.311 e. The Morgan fingerprint density at radius 2 is 1.90 bits per heavy atom. The number of aliphatic carboxylic acids is 1. The van der Waals surface area contributed by atoms with Crippen LogP contribution in [0.2, 0.25) is 0 Å². The summed E-state index contributed by atoms with van der Waals surface area (Å²) in [6.07, 6.45) is 0.864. The van der Waals surface area contributed by atoms with Crippen molar-refractivity contribution in [3.8, 4) is 0 Å². The van der Waals surface area contributed by atoms with Gasteiger partial charge in [-0.25, -0.2) is 4.39 Å². The predicted octanol–water partition coefficient (Wildman–Crippen LogP) is 2.75. The van der Waals surface area contributed by atoms with Crippen molar-refractivity contribution in [2.24, 2.45) is 5.41 Å². The quantitative estimate of drug-likeness (QED) is 0.842. The summed E-state index contributed by atoms with van der Waals surface area (Å²) < 4.78 is 13.1. The van der Waals surface area contributed by atoms with Gasteiger partial charge in [0.2, 0.25) is 0 Å². The van der Waals surface area contributed by atoms with Crippen molar-refractivity contribution in [3.63, 3.8) is 0 Å². The zero-order valence-electron chi connectivity index (χ0n) is 12.0. The molecule has 0 spiro atoms. The van der Waals surface area contributed by atoms with E-state index in [0.29, 0.717) is 24.0 Å². The molecule has 0 unspecified atom stereocenters. The fraction of sp³-hybridized carbons (Fsp3) is 0.467. The van der Waals surface area contributed by atoms with E-state index in [1.54, 1.807) is 20.8 Å². The van der Waals surface area contributed by atoms with E-state index in [1.807, 2.05) is 0 Å². The van der Waals surface area contributed by atoms with Crippen LogP contribution < -0.4 is 5.32 Å². The van der Waals surface area contributed by atoms with Crippen LogP contribution in [-0.2, 0) is 4.79 Å².